The van der Waals surface area contributed by atoms with Gasteiger partial charge < -0.3 is 9.47 Å². The van der Waals surface area contributed by atoms with E-state index in [-0.39, 0.29) is 76.3 Å². The van der Waals surface area contributed by atoms with E-state index in [9.17, 15) is 88.6 Å². The van der Waals surface area contributed by atoms with Crippen LogP contribution in [0.4, 0.5) is 0 Å². The zero-order chi connectivity index (χ0) is 74.2. The van der Waals surface area contributed by atoms with Crippen LogP contribution < -0.4 is 0 Å². The number of methoxy groups -OCH3 is 2. The van der Waals surface area contributed by atoms with Crippen molar-refractivity contribution in [3.05, 3.63) is 267 Å². The second kappa shape index (κ2) is 30.7. The van der Waals surface area contributed by atoms with Crippen molar-refractivity contribution < 1.29 is 121 Å². The fourth-order valence-corrected chi connectivity index (χ4v) is 13.3. The van der Waals surface area contributed by atoms with E-state index in [2.05, 4.69) is 14.5 Å². The predicted molar refractivity (Wildman–Crippen MR) is 354 cm³/mol. The first-order valence-corrected chi connectivity index (χ1v) is 36.5. The van der Waals surface area contributed by atoms with Gasteiger partial charge >= 0.3 is 11.9 Å². The molecule has 10 aromatic rings. The molecule has 0 amide bonds. The molecule has 0 radical (unpaired) electrons. The number of hydrogen-bond acceptors (Lipinski definition) is 22. The van der Waals surface area contributed by atoms with Gasteiger partial charge in [-0.25, -0.2) is 9.59 Å². The smallest absolute Gasteiger partial charge is 0.337 e. The number of ether oxygens (including phenoxy) is 2. The first-order chi connectivity index (χ1) is 46.6. The fourth-order valence-electron chi connectivity index (χ4n) is 9.61. The minimum atomic E-state index is -4.58. The molecule has 0 unspecified atom stereocenters. The number of esters is 2. The third-order valence-electron chi connectivity index (χ3n) is 14.3. The Balaban J connectivity index is 0.000000170. The number of rotatable bonds is 9. The molecule has 1 heterocycles. The molecule has 0 aliphatic heterocycles. The summed E-state index contributed by atoms with van der Waals surface area (Å²) >= 11 is 0. The number of ketones is 5. The summed E-state index contributed by atoms with van der Waals surface area (Å²) < 4.78 is 195. The summed E-state index contributed by atoms with van der Waals surface area (Å²) in [7, 11) is -23.8. The minimum absolute atomic E-state index is 0.0103. The molecule has 0 spiro atoms. The molecule has 0 saturated heterocycles. The largest absolute Gasteiger partial charge is 0.465 e. The van der Waals surface area contributed by atoms with Crippen LogP contribution in [0.5, 0.6) is 0 Å². The number of carbonyl (C=O) groups is 7. The summed E-state index contributed by atoms with van der Waals surface area (Å²) in [6, 6.07) is 44.1. The molecule has 0 bridgehead atoms. The summed E-state index contributed by atoms with van der Waals surface area (Å²) in [5.41, 5.74) is 1.78. The Bertz CT molecular complexity index is 5680. The van der Waals surface area contributed by atoms with Crippen LogP contribution in [0.15, 0.2) is 230 Å². The molecule has 2 aliphatic carbocycles. The number of pyridine rings is 1. The van der Waals surface area contributed by atoms with Gasteiger partial charge in [0.05, 0.1) is 45.6 Å². The summed E-state index contributed by atoms with van der Waals surface area (Å²) in [5, 5.41) is 2.56. The minimum Gasteiger partial charge on any atom is -0.465 e. The molecular formula is C66H51NO27S6. The first kappa shape index (κ1) is 76.8. The topological polar surface area (TPSA) is 477 Å². The first-order valence-electron chi connectivity index (χ1n) is 27.8. The van der Waals surface area contributed by atoms with Gasteiger partial charge in [0, 0.05) is 73.1 Å². The van der Waals surface area contributed by atoms with Crippen molar-refractivity contribution in [2.24, 2.45) is 0 Å². The predicted octanol–water partition coefficient (Wildman–Crippen LogP) is 8.94. The van der Waals surface area contributed by atoms with Gasteiger partial charge in [0.15, 0.2) is 28.9 Å². The van der Waals surface area contributed by atoms with Crippen LogP contribution in [0.1, 0.15) is 107 Å². The van der Waals surface area contributed by atoms with Crippen LogP contribution in [-0.4, -0.2) is 138 Å². The maximum Gasteiger partial charge on any atom is 0.337 e. The third kappa shape index (κ3) is 18.2. The highest BCUT2D eigenvalue weighted by Gasteiger charge is 2.35. The summed E-state index contributed by atoms with van der Waals surface area (Å²) in [4.78, 5) is 84.6. The number of benzene rings is 9. The molecular weight excluding hydrogens is 1430 g/mol. The monoisotopic (exact) mass is 1480 g/mol. The van der Waals surface area contributed by atoms with Crippen LogP contribution in [0.3, 0.4) is 0 Å². The number of aryl methyl sites for hydroxylation is 1. The highest BCUT2D eigenvalue weighted by Crippen LogP contribution is 2.33. The summed E-state index contributed by atoms with van der Waals surface area (Å²) in [6.07, 6.45) is 3.03. The van der Waals surface area contributed by atoms with Crippen molar-refractivity contribution in [2.75, 3.05) is 14.2 Å². The molecule has 100 heavy (non-hydrogen) atoms. The van der Waals surface area contributed by atoms with Gasteiger partial charge in [-0.05, 0) is 97.6 Å². The van der Waals surface area contributed by atoms with Crippen LogP contribution in [-0.2, 0) is 70.2 Å². The van der Waals surface area contributed by atoms with E-state index in [0.29, 0.717) is 27.3 Å². The highest BCUT2D eigenvalue weighted by atomic mass is 32.2. The molecule has 0 saturated carbocycles. The van der Waals surface area contributed by atoms with E-state index < -0.39 is 105 Å². The summed E-state index contributed by atoms with van der Waals surface area (Å²) in [5.74, 6) is -3.61. The zero-order valence-electron chi connectivity index (χ0n) is 51.7. The number of hydrogen-bond donors (Lipinski definition) is 6. The van der Waals surface area contributed by atoms with E-state index >= 15 is 0 Å². The average Bonchev–Trinajstić information content (AvgIpc) is 0.756. The summed E-state index contributed by atoms with van der Waals surface area (Å²) in [6.45, 7) is 3.28. The maximum absolute atomic E-state index is 12.4. The maximum atomic E-state index is 12.4. The number of carbonyl (C=O) groups excluding carboxylic acids is 7. The normalized spacial score (nSPS) is 12.4. The van der Waals surface area contributed by atoms with E-state index in [1.165, 1.54) is 85.9 Å². The van der Waals surface area contributed by atoms with Gasteiger partial charge in [0.1, 0.15) is 14.7 Å². The van der Waals surface area contributed by atoms with Crippen LogP contribution in [0.25, 0.3) is 21.5 Å². The highest BCUT2D eigenvalue weighted by molar-refractivity contribution is 7.87. The van der Waals surface area contributed by atoms with Crippen molar-refractivity contribution in [1.82, 2.24) is 4.98 Å². The second-order valence-corrected chi connectivity index (χ2v) is 29.2. The van der Waals surface area contributed by atoms with Crippen molar-refractivity contribution in [2.45, 2.75) is 43.2 Å². The molecule has 2 aliphatic rings. The average molecular weight is 1480 g/mol. The molecule has 9 aromatic carbocycles. The van der Waals surface area contributed by atoms with Gasteiger partial charge in [0.2, 0.25) is 0 Å². The number of nitrogens with zero attached hydrogens (tertiary/aromatic N) is 1. The Labute approximate surface area is 570 Å². The molecule has 0 atom stereocenters. The van der Waals surface area contributed by atoms with Crippen molar-refractivity contribution in [3.8, 4) is 0 Å². The SMILES string of the molecule is CC(=O)c1ccc(S(=O)(=O)O)cc1.COC(=O)c1cc(C(=O)OC)cc(S(=O)(=O)O)c1.Cc1ccc(S(=O)(=O)O)c2ccccc12.O=C1c2ccccc2C(=O)c2c1cccc2S(=O)(=O)O.O=C1c2ccccc2C(=O)c2cc(S(=O)(=O)O)ccc21.O=S(=O)(O)c1cccc2cnccc12. The number of fused-ring (bicyclic) bond motifs is 6. The van der Waals surface area contributed by atoms with E-state index in [1.54, 1.807) is 72.9 Å². The Morgan fingerprint density at radius 2 is 0.760 bits per heavy atom. The van der Waals surface area contributed by atoms with Gasteiger partial charge in [0.25, 0.3) is 60.7 Å². The second-order valence-electron chi connectivity index (χ2n) is 20.7. The number of Topliss-reactive ketones (excluding diaryl/α,β-unsaturated/α-hetero) is 1. The standard InChI is InChI=1S/2C14H8O5S.C11H10O3S.C10H10O7S.C9H7NO3S.C8H8O4S/c15-13-8-4-1-2-5-9(8)14(16)12-10(13)6-3-7-11(12)20(17,18)19;15-13-9-3-1-2-4-10(9)14(16)12-7-8(20(17,18)19)5-6-11(12)13;1-8-6-7-11(15(12,13)14)10-5-3-2-4-9(8)10;1-16-9(11)6-3-7(10(12)17-2)5-8(4-6)18(13,14)15;11-14(12,13)9-3-1-2-7-6-10-5-4-8(7)9;1-6(9)7-2-4-8(5-3-7)13(10,11)12/h2*1-7H,(H,17,18,19);2-7H,1H3,(H,12,13,14);3-5H,1-2H3,(H,13,14,15);1-6H,(H,11,12,13);2-5H,1H3,(H,10,11,12). The number of aromatic nitrogens is 1. The van der Waals surface area contributed by atoms with E-state index in [1.807, 2.05) is 19.1 Å². The van der Waals surface area contributed by atoms with Crippen molar-refractivity contribution in [3.63, 3.8) is 0 Å². The molecule has 6 N–H and O–H groups in total. The molecule has 12 rings (SSSR count). The Morgan fingerprint density at radius 1 is 0.350 bits per heavy atom. The lowest BCUT2D eigenvalue weighted by molar-refractivity contribution is 0.0596. The van der Waals surface area contributed by atoms with Crippen LogP contribution >= 0.6 is 0 Å². The Morgan fingerprint density at radius 3 is 1.24 bits per heavy atom. The van der Waals surface area contributed by atoms with Crippen molar-refractivity contribution >= 4 is 123 Å². The van der Waals surface area contributed by atoms with E-state index in [0.717, 1.165) is 61.6 Å². The van der Waals surface area contributed by atoms with Crippen molar-refractivity contribution in [1.29, 1.82) is 0 Å². The fraction of sp³-hybridized carbons (Fsp3) is 0.0606. The molecule has 34 heteroatoms. The Kier molecular flexibility index (Phi) is 23.5. The van der Waals surface area contributed by atoms with Gasteiger partial charge in [-0.15, -0.1) is 0 Å². The van der Waals surface area contributed by atoms with Gasteiger partial charge in [-0.1, -0.05) is 115 Å². The molecule has 28 nitrogen and oxygen atoms in total. The lowest BCUT2D eigenvalue weighted by Crippen LogP contribution is -2.23. The van der Waals surface area contributed by atoms with Crippen LogP contribution in [0, 0.1) is 6.92 Å². The zero-order valence-corrected chi connectivity index (χ0v) is 56.6. The molecule has 1 aromatic heterocycles. The molecule has 0 fully saturated rings. The van der Waals surface area contributed by atoms with Gasteiger partial charge in [-0.3, -0.25) is 56.3 Å². The lowest BCUT2D eigenvalue weighted by Gasteiger charge is -2.18. The van der Waals surface area contributed by atoms with E-state index in [4.69, 9.17) is 22.8 Å². The van der Waals surface area contributed by atoms with Gasteiger partial charge in [-0.2, -0.15) is 50.5 Å². The lowest BCUT2D eigenvalue weighted by atomic mass is 9.84. The molecule has 518 valence electrons. The quantitative estimate of drug-likeness (QED) is 0.0446. The van der Waals surface area contributed by atoms with Crippen LogP contribution in [0.2, 0.25) is 0 Å². The Hall–Kier alpha value is -10.6. The third-order valence-corrected chi connectivity index (χ3v) is 19.6.